The summed E-state index contributed by atoms with van der Waals surface area (Å²) in [4.78, 5) is 12.8. The summed E-state index contributed by atoms with van der Waals surface area (Å²) in [5, 5.41) is 16.0. The summed E-state index contributed by atoms with van der Waals surface area (Å²) in [5.41, 5.74) is 0.270. The zero-order chi connectivity index (χ0) is 13.8. The summed E-state index contributed by atoms with van der Waals surface area (Å²) in [6.45, 7) is 1.00. The number of hydrogen-bond donors (Lipinski definition) is 1. The average Bonchev–Trinajstić information content (AvgIpc) is 3.20. The van der Waals surface area contributed by atoms with Gasteiger partial charge in [0.15, 0.2) is 11.5 Å². The number of aromatic nitrogens is 4. The van der Waals surface area contributed by atoms with Gasteiger partial charge in [-0.1, -0.05) is 16.4 Å². The highest BCUT2D eigenvalue weighted by molar-refractivity contribution is 7.13. The molecule has 102 valence electrons. The molecule has 0 spiro atoms. The zero-order valence-corrected chi connectivity index (χ0v) is 11.2. The largest absolute Gasteiger partial charge is 0.355 e. The molecule has 0 aromatic carbocycles. The predicted molar refractivity (Wildman–Crippen MR) is 72.2 cm³/mol. The maximum absolute atomic E-state index is 11.9. The first-order valence-corrected chi connectivity index (χ1v) is 6.84. The Hall–Kier alpha value is -2.48. The molecule has 3 rings (SSSR count). The Labute approximate surface area is 118 Å². The quantitative estimate of drug-likeness (QED) is 0.767. The number of nitrogens with zero attached hydrogens (tertiary/aromatic N) is 4. The van der Waals surface area contributed by atoms with Gasteiger partial charge in [-0.3, -0.25) is 9.48 Å². The van der Waals surface area contributed by atoms with Crippen LogP contribution in [0.4, 0.5) is 0 Å². The number of amides is 1. The third kappa shape index (κ3) is 2.75. The molecule has 0 saturated heterocycles. The van der Waals surface area contributed by atoms with E-state index in [1.807, 2.05) is 17.5 Å². The van der Waals surface area contributed by atoms with Crippen molar-refractivity contribution < 1.29 is 9.32 Å². The molecule has 1 amide bonds. The molecule has 0 aliphatic rings. The summed E-state index contributed by atoms with van der Waals surface area (Å²) in [6.07, 6.45) is 3.32. The molecule has 0 fully saturated rings. The van der Waals surface area contributed by atoms with Crippen LogP contribution in [0.5, 0.6) is 0 Å². The van der Waals surface area contributed by atoms with Gasteiger partial charge in [0, 0.05) is 18.8 Å². The first kappa shape index (κ1) is 12.5. The van der Waals surface area contributed by atoms with Gasteiger partial charge in [0.05, 0.1) is 17.6 Å². The van der Waals surface area contributed by atoms with Crippen molar-refractivity contribution in [1.29, 1.82) is 0 Å². The fraction of sp³-hybridized carbons (Fsp3) is 0.167. The lowest BCUT2D eigenvalue weighted by atomic mass is 10.3. The molecule has 3 aromatic heterocycles. The van der Waals surface area contributed by atoms with Crippen molar-refractivity contribution in [2.24, 2.45) is 0 Å². The molecule has 0 saturated carbocycles. The molecule has 0 atom stereocenters. The summed E-state index contributed by atoms with van der Waals surface area (Å²) < 4.78 is 6.79. The summed E-state index contributed by atoms with van der Waals surface area (Å²) >= 11 is 1.53. The smallest absolute Gasteiger partial charge is 0.273 e. The molecule has 20 heavy (non-hydrogen) atoms. The van der Waals surface area contributed by atoms with Crippen LogP contribution in [0.25, 0.3) is 10.6 Å². The van der Waals surface area contributed by atoms with Crippen molar-refractivity contribution >= 4 is 17.2 Å². The van der Waals surface area contributed by atoms with E-state index in [0.717, 1.165) is 4.88 Å². The van der Waals surface area contributed by atoms with Crippen molar-refractivity contribution in [2.75, 3.05) is 6.54 Å². The third-order valence-electron chi connectivity index (χ3n) is 2.61. The standard InChI is InChI=1S/C12H11N5O2S/c18-12(13-3-5-17-6-4-14-16-17)9-8-10(19-15-9)11-2-1-7-20-11/h1-2,4,6-8H,3,5H2,(H,13,18). The molecule has 8 heteroatoms. The van der Waals surface area contributed by atoms with Gasteiger partial charge in [0.25, 0.3) is 5.91 Å². The van der Waals surface area contributed by atoms with Gasteiger partial charge in [-0.25, -0.2) is 0 Å². The Morgan fingerprint density at radius 1 is 1.50 bits per heavy atom. The number of thiophene rings is 1. The molecular formula is C12H11N5O2S. The minimum absolute atomic E-state index is 0.267. The first-order valence-electron chi connectivity index (χ1n) is 5.96. The van der Waals surface area contributed by atoms with Gasteiger partial charge in [0.1, 0.15) is 0 Å². The Bertz CT molecular complexity index is 675. The number of carbonyl (C=O) groups excluding carboxylic acids is 1. The molecular weight excluding hydrogens is 278 g/mol. The molecule has 0 unspecified atom stereocenters. The van der Waals surface area contributed by atoms with Gasteiger partial charge < -0.3 is 9.84 Å². The van der Waals surface area contributed by atoms with E-state index in [1.54, 1.807) is 23.1 Å². The van der Waals surface area contributed by atoms with Gasteiger partial charge in [-0.2, -0.15) is 0 Å². The number of carbonyl (C=O) groups is 1. The van der Waals surface area contributed by atoms with Crippen LogP contribution in [-0.4, -0.2) is 32.6 Å². The van der Waals surface area contributed by atoms with E-state index in [2.05, 4.69) is 20.8 Å². The van der Waals surface area contributed by atoms with Crippen LogP contribution in [-0.2, 0) is 6.54 Å². The molecule has 0 radical (unpaired) electrons. The number of nitrogens with one attached hydrogen (secondary N) is 1. The van der Waals surface area contributed by atoms with Crippen molar-refractivity contribution in [3.63, 3.8) is 0 Å². The second-order valence-electron chi connectivity index (χ2n) is 3.98. The lowest BCUT2D eigenvalue weighted by molar-refractivity contribution is 0.0943. The highest BCUT2D eigenvalue weighted by atomic mass is 32.1. The lowest BCUT2D eigenvalue weighted by Gasteiger charge is -2.01. The van der Waals surface area contributed by atoms with Crippen molar-refractivity contribution in [1.82, 2.24) is 25.5 Å². The molecule has 0 aliphatic heterocycles. The predicted octanol–water partition coefficient (Wildman–Crippen LogP) is 1.42. The first-order chi connectivity index (χ1) is 9.83. The van der Waals surface area contributed by atoms with E-state index >= 15 is 0 Å². The molecule has 7 nitrogen and oxygen atoms in total. The summed E-state index contributed by atoms with van der Waals surface area (Å²) in [6, 6.07) is 5.47. The lowest BCUT2D eigenvalue weighted by Crippen LogP contribution is -2.27. The Morgan fingerprint density at radius 2 is 2.45 bits per heavy atom. The van der Waals surface area contributed by atoms with E-state index in [9.17, 15) is 4.79 Å². The van der Waals surface area contributed by atoms with Crippen LogP contribution in [0.1, 0.15) is 10.5 Å². The van der Waals surface area contributed by atoms with Crippen LogP contribution in [0.3, 0.4) is 0 Å². The van der Waals surface area contributed by atoms with Crippen molar-refractivity contribution in [3.05, 3.63) is 41.7 Å². The average molecular weight is 289 g/mol. The SMILES string of the molecule is O=C(NCCn1ccnn1)c1cc(-c2cccs2)on1. The Balaban J connectivity index is 1.57. The topological polar surface area (TPSA) is 85.8 Å². The van der Waals surface area contributed by atoms with E-state index < -0.39 is 0 Å². The monoisotopic (exact) mass is 289 g/mol. The minimum atomic E-state index is -0.267. The van der Waals surface area contributed by atoms with Crippen LogP contribution >= 0.6 is 11.3 Å². The van der Waals surface area contributed by atoms with E-state index in [0.29, 0.717) is 18.8 Å². The molecule has 3 aromatic rings. The highest BCUT2D eigenvalue weighted by Gasteiger charge is 2.13. The van der Waals surface area contributed by atoms with Crippen molar-refractivity contribution in [2.45, 2.75) is 6.54 Å². The molecule has 0 aliphatic carbocycles. The van der Waals surface area contributed by atoms with Gasteiger partial charge >= 0.3 is 0 Å². The highest BCUT2D eigenvalue weighted by Crippen LogP contribution is 2.24. The minimum Gasteiger partial charge on any atom is -0.355 e. The molecule has 3 heterocycles. The normalized spacial score (nSPS) is 10.6. The van der Waals surface area contributed by atoms with E-state index in [4.69, 9.17) is 4.52 Å². The number of hydrogen-bond acceptors (Lipinski definition) is 6. The maximum Gasteiger partial charge on any atom is 0.273 e. The van der Waals surface area contributed by atoms with E-state index in [-0.39, 0.29) is 11.6 Å². The second kappa shape index (κ2) is 5.66. The molecule has 0 bridgehead atoms. The Morgan fingerprint density at radius 3 is 3.20 bits per heavy atom. The van der Waals surface area contributed by atoms with Gasteiger partial charge in [-0.05, 0) is 11.4 Å². The fourth-order valence-corrected chi connectivity index (χ4v) is 2.32. The van der Waals surface area contributed by atoms with Crippen LogP contribution in [0.15, 0.2) is 40.5 Å². The van der Waals surface area contributed by atoms with Crippen LogP contribution in [0.2, 0.25) is 0 Å². The third-order valence-corrected chi connectivity index (χ3v) is 3.49. The summed E-state index contributed by atoms with van der Waals surface area (Å²) in [7, 11) is 0. The second-order valence-corrected chi connectivity index (χ2v) is 4.92. The van der Waals surface area contributed by atoms with Gasteiger partial charge in [-0.15, -0.1) is 16.4 Å². The number of rotatable bonds is 5. The van der Waals surface area contributed by atoms with Crippen LogP contribution < -0.4 is 5.32 Å². The molecule has 1 N–H and O–H groups in total. The van der Waals surface area contributed by atoms with Crippen molar-refractivity contribution in [3.8, 4) is 10.6 Å². The van der Waals surface area contributed by atoms with E-state index in [1.165, 1.54) is 11.3 Å². The Kier molecular flexibility index (Phi) is 3.55. The maximum atomic E-state index is 11.9. The van der Waals surface area contributed by atoms with Crippen LogP contribution in [0, 0.1) is 0 Å². The zero-order valence-electron chi connectivity index (χ0n) is 10.4. The fourth-order valence-electron chi connectivity index (χ4n) is 1.64. The summed E-state index contributed by atoms with van der Waals surface area (Å²) in [5.74, 6) is 0.332. The van der Waals surface area contributed by atoms with Gasteiger partial charge in [0.2, 0.25) is 0 Å².